The van der Waals surface area contributed by atoms with E-state index in [9.17, 15) is 4.79 Å². The highest BCUT2D eigenvalue weighted by molar-refractivity contribution is 8.15. The SMILES string of the molecule is COc1ccc(NC(=O)CSC2=NC3(CCCCC3)Nc3ccccc32)cc1Cl. The second-order valence-electron chi connectivity index (χ2n) is 7.37. The van der Waals surface area contributed by atoms with Crippen molar-refractivity contribution in [3.05, 3.63) is 53.1 Å². The highest BCUT2D eigenvalue weighted by atomic mass is 35.5. The predicted molar refractivity (Wildman–Crippen MR) is 122 cm³/mol. The van der Waals surface area contributed by atoms with Crippen molar-refractivity contribution in [3.63, 3.8) is 0 Å². The maximum Gasteiger partial charge on any atom is 0.234 e. The molecule has 0 unspecified atom stereocenters. The molecule has 2 aromatic carbocycles. The number of aliphatic imine (C=N–C) groups is 1. The van der Waals surface area contributed by atoms with Gasteiger partial charge >= 0.3 is 0 Å². The van der Waals surface area contributed by atoms with Crippen LogP contribution in [-0.2, 0) is 4.79 Å². The number of halogens is 1. The Balaban J connectivity index is 1.47. The molecule has 1 amide bonds. The molecule has 5 nitrogen and oxygen atoms in total. The number of ether oxygens (including phenoxy) is 1. The second-order valence-corrected chi connectivity index (χ2v) is 8.74. The molecule has 0 atom stereocenters. The van der Waals surface area contributed by atoms with Crippen molar-refractivity contribution in [3.8, 4) is 5.75 Å². The van der Waals surface area contributed by atoms with Gasteiger partial charge in [-0.25, -0.2) is 4.99 Å². The van der Waals surface area contributed by atoms with Crippen LogP contribution in [0.15, 0.2) is 47.5 Å². The number of amides is 1. The summed E-state index contributed by atoms with van der Waals surface area (Å²) in [5, 5.41) is 7.96. The first-order valence-electron chi connectivity index (χ1n) is 9.82. The van der Waals surface area contributed by atoms with E-state index in [0.717, 1.165) is 29.1 Å². The number of carbonyl (C=O) groups is 1. The molecular weight excluding hydrogens is 406 g/mol. The van der Waals surface area contributed by atoms with Crippen LogP contribution in [0.5, 0.6) is 5.75 Å². The van der Waals surface area contributed by atoms with Gasteiger partial charge in [0, 0.05) is 16.9 Å². The fraction of sp³-hybridized carbons (Fsp3) is 0.364. The lowest BCUT2D eigenvalue weighted by atomic mass is 9.88. The molecule has 1 aliphatic heterocycles. The quantitative estimate of drug-likeness (QED) is 0.668. The van der Waals surface area contributed by atoms with Gasteiger partial charge in [0.25, 0.3) is 0 Å². The summed E-state index contributed by atoms with van der Waals surface area (Å²) in [7, 11) is 1.56. The van der Waals surface area contributed by atoms with Gasteiger partial charge < -0.3 is 15.4 Å². The third-order valence-electron chi connectivity index (χ3n) is 5.30. The molecule has 2 N–H and O–H groups in total. The molecule has 1 saturated carbocycles. The van der Waals surface area contributed by atoms with Crippen molar-refractivity contribution < 1.29 is 9.53 Å². The minimum absolute atomic E-state index is 0.0901. The number of nitrogens with zero attached hydrogens (tertiary/aromatic N) is 1. The predicted octanol–water partition coefficient (Wildman–Crippen LogP) is 5.55. The third-order valence-corrected chi connectivity index (χ3v) is 6.58. The van der Waals surface area contributed by atoms with Gasteiger partial charge in [-0.05, 0) is 49.9 Å². The monoisotopic (exact) mass is 429 g/mol. The molecule has 4 rings (SSSR count). The number of thioether (sulfide) groups is 1. The van der Waals surface area contributed by atoms with Crippen LogP contribution in [0.2, 0.25) is 5.02 Å². The van der Waals surface area contributed by atoms with Crippen LogP contribution in [0.1, 0.15) is 37.7 Å². The standard InChI is InChI=1S/C22H24ClN3O2S/c1-28-19-10-9-15(13-17(19)23)24-20(27)14-29-21-16-7-3-4-8-18(16)25-22(26-21)11-5-2-6-12-22/h3-4,7-10,13,25H,2,5-6,11-12,14H2,1H3,(H,24,27). The Hall–Kier alpha value is -2.18. The molecule has 152 valence electrons. The molecule has 0 bridgehead atoms. The molecule has 0 radical (unpaired) electrons. The number of rotatable bonds is 4. The van der Waals surface area contributed by atoms with Crippen molar-refractivity contribution in [2.75, 3.05) is 23.5 Å². The van der Waals surface area contributed by atoms with Crippen LogP contribution in [0, 0.1) is 0 Å². The number of carbonyl (C=O) groups excluding carboxylic acids is 1. The topological polar surface area (TPSA) is 62.7 Å². The van der Waals surface area contributed by atoms with E-state index >= 15 is 0 Å². The largest absolute Gasteiger partial charge is 0.495 e. The summed E-state index contributed by atoms with van der Waals surface area (Å²) in [6.07, 6.45) is 5.67. The molecule has 0 aromatic heterocycles. The maximum atomic E-state index is 12.5. The van der Waals surface area contributed by atoms with E-state index in [1.165, 1.54) is 31.0 Å². The number of fused-ring (bicyclic) bond motifs is 1. The summed E-state index contributed by atoms with van der Waals surface area (Å²) >= 11 is 7.63. The maximum absolute atomic E-state index is 12.5. The summed E-state index contributed by atoms with van der Waals surface area (Å²) in [5.41, 5.74) is 2.59. The van der Waals surface area contributed by atoms with Crippen molar-refractivity contribution in [2.24, 2.45) is 4.99 Å². The lowest BCUT2D eigenvalue weighted by Gasteiger charge is -2.39. The zero-order valence-electron chi connectivity index (χ0n) is 16.3. The number of para-hydroxylation sites is 1. The second kappa shape index (κ2) is 8.67. The van der Waals surface area contributed by atoms with E-state index in [0.29, 0.717) is 16.5 Å². The molecule has 0 saturated heterocycles. The first kappa shape index (κ1) is 20.1. The molecule has 29 heavy (non-hydrogen) atoms. The molecule has 1 fully saturated rings. The number of hydrogen-bond acceptors (Lipinski definition) is 5. The van der Waals surface area contributed by atoms with Gasteiger partial charge in [-0.2, -0.15) is 0 Å². The van der Waals surface area contributed by atoms with E-state index in [1.807, 2.05) is 12.1 Å². The van der Waals surface area contributed by atoms with Crippen LogP contribution in [0.4, 0.5) is 11.4 Å². The Labute approximate surface area is 180 Å². The first-order chi connectivity index (χ1) is 14.1. The number of hydrogen-bond donors (Lipinski definition) is 2. The lowest BCUT2D eigenvalue weighted by Crippen LogP contribution is -2.42. The highest BCUT2D eigenvalue weighted by Gasteiger charge is 2.36. The number of nitrogens with one attached hydrogen (secondary N) is 2. The van der Waals surface area contributed by atoms with Crippen LogP contribution in [-0.4, -0.2) is 29.5 Å². The fourth-order valence-electron chi connectivity index (χ4n) is 3.87. The van der Waals surface area contributed by atoms with Crippen molar-refractivity contribution in [1.29, 1.82) is 0 Å². The Kier molecular flexibility index (Phi) is 6.01. The molecule has 1 spiro atoms. The molecule has 2 aromatic rings. The van der Waals surface area contributed by atoms with Gasteiger partial charge in [0.15, 0.2) is 0 Å². The van der Waals surface area contributed by atoms with E-state index in [1.54, 1.807) is 25.3 Å². The Morgan fingerprint density at radius 3 is 2.79 bits per heavy atom. The summed E-state index contributed by atoms with van der Waals surface area (Å²) in [6.45, 7) is 0. The Bertz CT molecular complexity index is 941. The highest BCUT2D eigenvalue weighted by Crippen LogP contribution is 2.39. The summed E-state index contributed by atoms with van der Waals surface area (Å²) in [5.74, 6) is 0.775. The van der Waals surface area contributed by atoms with Gasteiger partial charge in [0.1, 0.15) is 16.5 Å². The molecule has 1 aliphatic carbocycles. The molecular formula is C22H24ClN3O2S. The van der Waals surface area contributed by atoms with Gasteiger partial charge in [-0.15, -0.1) is 0 Å². The summed E-state index contributed by atoms with van der Waals surface area (Å²) < 4.78 is 5.15. The summed E-state index contributed by atoms with van der Waals surface area (Å²) in [4.78, 5) is 17.6. The van der Waals surface area contributed by atoms with E-state index in [-0.39, 0.29) is 17.3 Å². The van der Waals surface area contributed by atoms with Gasteiger partial charge in [0.2, 0.25) is 5.91 Å². The van der Waals surface area contributed by atoms with Gasteiger partial charge in [0.05, 0.1) is 17.9 Å². The Morgan fingerprint density at radius 2 is 2.03 bits per heavy atom. The van der Waals surface area contributed by atoms with Crippen molar-refractivity contribution >= 4 is 45.7 Å². The van der Waals surface area contributed by atoms with Gasteiger partial charge in [-0.1, -0.05) is 48.0 Å². The Morgan fingerprint density at radius 1 is 1.24 bits per heavy atom. The molecule has 1 heterocycles. The number of methoxy groups -OCH3 is 1. The number of anilines is 2. The van der Waals surface area contributed by atoms with Crippen LogP contribution < -0.4 is 15.4 Å². The van der Waals surface area contributed by atoms with E-state index in [2.05, 4.69) is 22.8 Å². The van der Waals surface area contributed by atoms with Crippen molar-refractivity contribution in [1.82, 2.24) is 0 Å². The number of benzene rings is 2. The minimum atomic E-state index is -0.227. The van der Waals surface area contributed by atoms with E-state index in [4.69, 9.17) is 21.3 Å². The average Bonchev–Trinajstić information content (AvgIpc) is 2.73. The van der Waals surface area contributed by atoms with Gasteiger partial charge in [-0.3, -0.25) is 4.79 Å². The third kappa shape index (κ3) is 4.54. The summed E-state index contributed by atoms with van der Waals surface area (Å²) in [6, 6.07) is 13.4. The van der Waals surface area contributed by atoms with Crippen LogP contribution in [0.25, 0.3) is 0 Å². The fourth-order valence-corrected chi connectivity index (χ4v) is 5.04. The van der Waals surface area contributed by atoms with E-state index < -0.39 is 0 Å². The zero-order chi connectivity index (χ0) is 20.3. The lowest BCUT2D eigenvalue weighted by molar-refractivity contribution is -0.113. The molecule has 2 aliphatic rings. The van der Waals surface area contributed by atoms with Crippen molar-refractivity contribution in [2.45, 2.75) is 37.8 Å². The normalized spacial score (nSPS) is 17.1. The van der Waals surface area contributed by atoms with Crippen LogP contribution >= 0.6 is 23.4 Å². The minimum Gasteiger partial charge on any atom is -0.495 e. The average molecular weight is 430 g/mol. The first-order valence-corrected chi connectivity index (χ1v) is 11.2. The smallest absolute Gasteiger partial charge is 0.234 e. The zero-order valence-corrected chi connectivity index (χ0v) is 17.9. The molecule has 7 heteroatoms. The van der Waals surface area contributed by atoms with Crippen LogP contribution in [0.3, 0.4) is 0 Å².